The Bertz CT molecular complexity index is 1140. The lowest BCUT2D eigenvalue weighted by atomic mass is 10.0. The van der Waals surface area contributed by atoms with Crippen molar-refractivity contribution in [2.75, 3.05) is 7.05 Å². The molecule has 0 radical (unpaired) electrons. The van der Waals surface area contributed by atoms with Crippen LogP contribution in [0.1, 0.15) is 46.1 Å². The number of likely N-dealkylation sites (N-methyl/N-ethyl adjacent to an activating group) is 1. The van der Waals surface area contributed by atoms with E-state index in [1.165, 1.54) is 7.05 Å². The van der Waals surface area contributed by atoms with Gasteiger partial charge in [0.1, 0.15) is 17.5 Å². The number of amides is 3. The summed E-state index contributed by atoms with van der Waals surface area (Å²) < 4.78 is 7.40. The van der Waals surface area contributed by atoms with Crippen LogP contribution < -0.4 is 16.0 Å². The van der Waals surface area contributed by atoms with Crippen LogP contribution in [-0.4, -0.2) is 40.6 Å². The van der Waals surface area contributed by atoms with E-state index in [9.17, 15) is 14.4 Å². The van der Waals surface area contributed by atoms with Gasteiger partial charge in [-0.25, -0.2) is 0 Å². The van der Waals surface area contributed by atoms with Crippen LogP contribution in [0.3, 0.4) is 0 Å². The fraction of sp³-hybridized carbons (Fsp3) is 0.333. The van der Waals surface area contributed by atoms with Gasteiger partial charge < -0.3 is 20.4 Å². The largest absolute Gasteiger partial charge is 0.451 e. The van der Waals surface area contributed by atoms with E-state index in [1.54, 1.807) is 29.9 Å². The summed E-state index contributed by atoms with van der Waals surface area (Å²) in [5.74, 6) is -0.432. The Hall–Kier alpha value is -3.88. The fourth-order valence-corrected chi connectivity index (χ4v) is 3.30. The molecule has 2 heterocycles. The molecule has 1 atom stereocenters. The van der Waals surface area contributed by atoms with Crippen LogP contribution >= 0.6 is 0 Å². The molecule has 0 saturated carbocycles. The van der Waals surface area contributed by atoms with Crippen molar-refractivity contribution in [2.24, 2.45) is 13.0 Å². The summed E-state index contributed by atoms with van der Waals surface area (Å²) in [6.45, 7) is 5.91. The third kappa shape index (κ3) is 5.68. The molecule has 0 unspecified atom stereocenters. The second-order valence-electron chi connectivity index (χ2n) is 8.15. The number of carbonyl (C=O) groups is 3. The molecule has 0 spiro atoms. The van der Waals surface area contributed by atoms with Crippen molar-refractivity contribution < 1.29 is 18.8 Å². The lowest BCUT2D eigenvalue weighted by Gasteiger charge is -2.19. The molecule has 0 aliphatic rings. The molecular formula is C24H29N5O4. The Kier molecular flexibility index (Phi) is 7.32. The van der Waals surface area contributed by atoms with Gasteiger partial charge in [-0.1, -0.05) is 32.0 Å². The average Bonchev–Trinajstić information content (AvgIpc) is 3.42. The van der Waals surface area contributed by atoms with E-state index in [-0.39, 0.29) is 23.5 Å². The first kappa shape index (κ1) is 23.8. The number of aryl methyl sites for hydroxylation is 2. The Balaban J connectivity index is 1.67. The first-order chi connectivity index (χ1) is 15.7. The molecule has 3 amide bonds. The van der Waals surface area contributed by atoms with E-state index >= 15 is 0 Å². The molecule has 0 aliphatic heterocycles. The van der Waals surface area contributed by atoms with Crippen LogP contribution in [0.2, 0.25) is 0 Å². The molecule has 174 valence electrons. The number of nitrogens with zero attached hydrogens (tertiary/aromatic N) is 2. The molecular weight excluding hydrogens is 422 g/mol. The molecule has 0 bridgehead atoms. The predicted octanol–water partition coefficient (Wildman–Crippen LogP) is 2.42. The van der Waals surface area contributed by atoms with Crippen LogP contribution in [0.15, 0.2) is 46.9 Å². The zero-order valence-electron chi connectivity index (χ0n) is 19.4. The highest BCUT2D eigenvalue weighted by molar-refractivity contribution is 5.96. The lowest BCUT2D eigenvalue weighted by Crippen LogP contribution is -2.48. The monoisotopic (exact) mass is 451 g/mol. The Morgan fingerprint density at radius 1 is 1.09 bits per heavy atom. The van der Waals surface area contributed by atoms with Crippen molar-refractivity contribution in [3.8, 4) is 11.3 Å². The van der Waals surface area contributed by atoms with Crippen molar-refractivity contribution in [3.05, 3.63) is 65.2 Å². The predicted molar refractivity (Wildman–Crippen MR) is 123 cm³/mol. The standard InChI is InChI=1S/C24H29N5O4/c1-14(2)21(24(32)25-4)27-23(31)20-10-9-19(33-20)17-8-6-7-16(12-17)13-26-22(30)18-11-15(3)29(5)28-18/h6-12,14,21H,13H2,1-5H3,(H,25,32)(H,26,30)(H,27,31)/t21-/m0/s1. The van der Waals surface area contributed by atoms with Gasteiger partial charge in [0.05, 0.1) is 0 Å². The summed E-state index contributed by atoms with van der Waals surface area (Å²) in [4.78, 5) is 36.9. The van der Waals surface area contributed by atoms with E-state index in [4.69, 9.17) is 4.42 Å². The molecule has 9 heteroatoms. The number of hydrogen-bond donors (Lipinski definition) is 3. The van der Waals surface area contributed by atoms with E-state index in [0.717, 1.165) is 16.8 Å². The number of rotatable bonds is 8. The van der Waals surface area contributed by atoms with Crippen molar-refractivity contribution in [3.63, 3.8) is 0 Å². The van der Waals surface area contributed by atoms with E-state index in [1.807, 2.05) is 45.0 Å². The molecule has 0 aliphatic carbocycles. The lowest BCUT2D eigenvalue weighted by molar-refractivity contribution is -0.123. The molecule has 3 rings (SSSR count). The quantitative estimate of drug-likeness (QED) is 0.486. The Morgan fingerprint density at radius 2 is 1.85 bits per heavy atom. The van der Waals surface area contributed by atoms with Crippen LogP contribution in [0.5, 0.6) is 0 Å². The molecule has 3 N–H and O–H groups in total. The van der Waals surface area contributed by atoms with Crippen LogP contribution in [0.4, 0.5) is 0 Å². The number of hydrogen-bond acceptors (Lipinski definition) is 5. The maximum atomic E-state index is 12.6. The van der Waals surface area contributed by atoms with Gasteiger partial charge in [-0.15, -0.1) is 0 Å². The molecule has 33 heavy (non-hydrogen) atoms. The molecule has 2 aromatic heterocycles. The number of benzene rings is 1. The zero-order valence-corrected chi connectivity index (χ0v) is 19.4. The minimum absolute atomic E-state index is 0.0785. The number of furan rings is 1. The topological polar surface area (TPSA) is 118 Å². The van der Waals surface area contributed by atoms with Crippen LogP contribution in [0.25, 0.3) is 11.3 Å². The zero-order chi connectivity index (χ0) is 24.1. The number of aromatic nitrogens is 2. The van der Waals surface area contributed by atoms with Crippen LogP contribution in [-0.2, 0) is 18.4 Å². The van der Waals surface area contributed by atoms with Crippen molar-refractivity contribution in [1.82, 2.24) is 25.7 Å². The third-order valence-electron chi connectivity index (χ3n) is 5.32. The van der Waals surface area contributed by atoms with Crippen LogP contribution in [0, 0.1) is 12.8 Å². The van der Waals surface area contributed by atoms with E-state index < -0.39 is 11.9 Å². The number of carbonyl (C=O) groups excluding carboxylic acids is 3. The maximum Gasteiger partial charge on any atom is 0.287 e. The normalized spacial score (nSPS) is 11.8. The summed E-state index contributed by atoms with van der Waals surface area (Å²) in [6, 6.07) is 11.8. The van der Waals surface area contributed by atoms with Gasteiger partial charge in [0.15, 0.2) is 5.76 Å². The first-order valence-electron chi connectivity index (χ1n) is 10.7. The highest BCUT2D eigenvalue weighted by Crippen LogP contribution is 2.23. The number of nitrogens with one attached hydrogen (secondary N) is 3. The molecule has 0 fully saturated rings. The van der Waals surface area contributed by atoms with Gasteiger partial charge in [0, 0.05) is 31.9 Å². The van der Waals surface area contributed by atoms with E-state index in [2.05, 4.69) is 21.0 Å². The summed E-state index contributed by atoms with van der Waals surface area (Å²) in [7, 11) is 3.32. The SMILES string of the molecule is CNC(=O)[C@@H](NC(=O)c1ccc(-c2cccc(CNC(=O)c3cc(C)n(C)n3)c2)o1)C(C)C. The average molecular weight is 452 g/mol. The third-order valence-corrected chi connectivity index (χ3v) is 5.32. The maximum absolute atomic E-state index is 12.6. The van der Waals surface area contributed by atoms with Crippen molar-refractivity contribution >= 4 is 17.7 Å². The summed E-state index contributed by atoms with van der Waals surface area (Å²) in [5, 5.41) is 12.3. The van der Waals surface area contributed by atoms with E-state index in [0.29, 0.717) is 18.0 Å². The molecule has 1 aromatic carbocycles. The highest BCUT2D eigenvalue weighted by atomic mass is 16.4. The summed E-state index contributed by atoms with van der Waals surface area (Å²) >= 11 is 0. The molecule has 3 aromatic rings. The highest BCUT2D eigenvalue weighted by Gasteiger charge is 2.25. The van der Waals surface area contributed by atoms with Gasteiger partial charge in [0.2, 0.25) is 5.91 Å². The summed E-state index contributed by atoms with van der Waals surface area (Å²) in [6.07, 6.45) is 0. The first-order valence-corrected chi connectivity index (χ1v) is 10.7. The smallest absolute Gasteiger partial charge is 0.287 e. The Morgan fingerprint density at radius 3 is 2.48 bits per heavy atom. The van der Waals surface area contributed by atoms with Gasteiger partial charge in [0.25, 0.3) is 11.8 Å². The minimum atomic E-state index is -0.661. The van der Waals surface area contributed by atoms with Gasteiger partial charge in [-0.2, -0.15) is 5.10 Å². The van der Waals surface area contributed by atoms with Gasteiger partial charge >= 0.3 is 0 Å². The fourth-order valence-electron chi connectivity index (χ4n) is 3.30. The van der Waals surface area contributed by atoms with Crippen molar-refractivity contribution in [1.29, 1.82) is 0 Å². The van der Waals surface area contributed by atoms with Crippen molar-refractivity contribution in [2.45, 2.75) is 33.4 Å². The minimum Gasteiger partial charge on any atom is -0.451 e. The molecule has 0 saturated heterocycles. The second kappa shape index (κ2) is 10.2. The Labute approximate surface area is 192 Å². The molecule has 9 nitrogen and oxygen atoms in total. The second-order valence-corrected chi connectivity index (χ2v) is 8.15. The van der Waals surface area contributed by atoms with Gasteiger partial charge in [-0.3, -0.25) is 19.1 Å². The van der Waals surface area contributed by atoms with Gasteiger partial charge in [-0.05, 0) is 42.7 Å². The summed E-state index contributed by atoms with van der Waals surface area (Å²) in [5.41, 5.74) is 2.90.